The van der Waals surface area contributed by atoms with E-state index in [1.807, 2.05) is 4.90 Å². The molecule has 6 heteroatoms. The molecule has 1 amide bonds. The number of nitrogens with one attached hydrogen (secondary N) is 1. The summed E-state index contributed by atoms with van der Waals surface area (Å²) in [7, 11) is 0. The van der Waals surface area contributed by atoms with Crippen LogP contribution in [0.1, 0.15) is 23.2 Å². The number of hydrogen-bond acceptors (Lipinski definition) is 3. The monoisotopic (exact) mass is 362 g/mol. The molecule has 1 saturated heterocycles. The Bertz CT molecular complexity index is 748. The highest BCUT2D eigenvalue weighted by Gasteiger charge is 2.22. The molecular weight excluding hydrogens is 343 g/mol. The van der Waals surface area contributed by atoms with Crippen molar-refractivity contribution in [3.63, 3.8) is 0 Å². The van der Waals surface area contributed by atoms with Crippen molar-refractivity contribution in [2.45, 2.75) is 12.8 Å². The highest BCUT2D eigenvalue weighted by atomic mass is 35.5. The molecule has 3 rings (SSSR count). The van der Waals surface area contributed by atoms with Gasteiger partial charge < -0.3 is 15.0 Å². The highest BCUT2D eigenvalue weighted by molar-refractivity contribution is 6.31. The third-order valence-electron chi connectivity index (χ3n) is 4.12. The molecular formula is C19H20ClFN2O2. The second-order valence-electron chi connectivity index (χ2n) is 5.89. The summed E-state index contributed by atoms with van der Waals surface area (Å²) in [6.45, 7) is 2.28. The second-order valence-corrected chi connectivity index (χ2v) is 6.33. The van der Waals surface area contributed by atoms with E-state index in [0.29, 0.717) is 22.8 Å². The number of benzene rings is 2. The van der Waals surface area contributed by atoms with Crippen LogP contribution in [0.3, 0.4) is 0 Å². The third-order valence-corrected chi connectivity index (χ3v) is 4.35. The minimum Gasteiger partial charge on any atom is -0.489 e. The fourth-order valence-corrected chi connectivity index (χ4v) is 3.02. The van der Waals surface area contributed by atoms with Gasteiger partial charge in [-0.3, -0.25) is 4.79 Å². The zero-order valence-electron chi connectivity index (χ0n) is 13.8. The molecule has 0 atom stereocenters. The van der Waals surface area contributed by atoms with Gasteiger partial charge in [-0.2, -0.15) is 0 Å². The molecule has 132 valence electrons. The summed E-state index contributed by atoms with van der Waals surface area (Å²) < 4.78 is 18.9. The maximum absolute atomic E-state index is 13.5. The Hall–Kier alpha value is -2.27. The van der Waals surface area contributed by atoms with E-state index in [-0.39, 0.29) is 24.1 Å². The number of hydrogen-bond donors (Lipinski definition) is 1. The first-order chi connectivity index (χ1) is 12.1. The van der Waals surface area contributed by atoms with Gasteiger partial charge in [0.25, 0.3) is 5.91 Å². The molecule has 0 aliphatic carbocycles. The maximum atomic E-state index is 13.5. The highest BCUT2D eigenvalue weighted by Crippen LogP contribution is 2.24. The summed E-state index contributed by atoms with van der Waals surface area (Å²) in [5.74, 6) is -0.190. The first-order valence-corrected chi connectivity index (χ1v) is 8.73. The van der Waals surface area contributed by atoms with Crippen LogP contribution in [0.4, 0.5) is 10.1 Å². The summed E-state index contributed by atoms with van der Waals surface area (Å²) in [5.41, 5.74) is 1.26. The van der Waals surface area contributed by atoms with E-state index in [1.54, 1.807) is 36.4 Å². The van der Waals surface area contributed by atoms with Crippen LogP contribution in [0.2, 0.25) is 5.02 Å². The molecule has 1 N–H and O–H groups in total. The number of ether oxygens (including phenoxy) is 1. The van der Waals surface area contributed by atoms with Crippen molar-refractivity contribution in [1.29, 1.82) is 0 Å². The summed E-state index contributed by atoms with van der Waals surface area (Å²) in [6.07, 6.45) is 2.07. The molecule has 1 aliphatic heterocycles. The van der Waals surface area contributed by atoms with Gasteiger partial charge in [0.15, 0.2) is 11.6 Å². The molecule has 2 aromatic carbocycles. The number of likely N-dealkylation sites (tertiary alicyclic amines) is 1. The summed E-state index contributed by atoms with van der Waals surface area (Å²) >= 11 is 6.06. The van der Waals surface area contributed by atoms with Crippen LogP contribution in [0.5, 0.6) is 5.75 Å². The molecule has 0 aromatic heterocycles. The van der Waals surface area contributed by atoms with Gasteiger partial charge >= 0.3 is 0 Å². The average Bonchev–Trinajstić information content (AvgIpc) is 3.15. The van der Waals surface area contributed by atoms with Crippen LogP contribution in [-0.4, -0.2) is 37.0 Å². The topological polar surface area (TPSA) is 41.6 Å². The number of carbonyl (C=O) groups is 1. The predicted octanol–water partition coefficient (Wildman–Crippen LogP) is 4.21. The molecule has 2 aromatic rings. The maximum Gasteiger partial charge on any atom is 0.256 e. The second kappa shape index (κ2) is 8.21. The number of amides is 1. The van der Waals surface area contributed by atoms with Gasteiger partial charge in [-0.05, 0) is 43.2 Å². The van der Waals surface area contributed by atoms with Gasteiger partial charge in [0, 0.05) is 30.3 Å². The van der Waals surface area contributed by atoms with Crippen LogP contribution >= 0.6 is 11.6 Å². The van der Waals surface area contributed by atoms with Gasteiger partial charge in [-0.25, -0.2) is 4.39 Å². The fraction of sp³-hybridized carbons (Fsp3) is 0.316. The van der Waals surface area contributed by atoms with Gasteiger partial charge in [0.2, 0.25) is 0 Å². The van der Waals surface area contributed by atoms with E-state index in [0.717, 1.165) is 25.9 Å². The number of para-hydroxylation sites is 1. The van der Waals surface area contributed by atoms with Gasteiger partial charge in [-0.1, -0.05) is 23.7 Å². The third kappa shape index (κ3) is 4.42. The van der Waals surface area contributed by atoms with Crippen molar-refractivity contribution in [1.82, 2.24) is 4.90 Å². The van der Waals surface area contributed by atoms with E-state index in [9.17, 15) is 9.18 Å². The molecule has 0 unspecified atom stereocenters. The standard InChI is InChI=1S/C19H20ClFN2O2/c20-14-7-8-17(15(13-14)19(24)23-10-3-4-11-23)22-9-12-25-18-6-2-1-5-16(18)21/h1-2,5-8,13,22H,3-4,9-12H2. The van der Waals surface area contributed by atoms with E-state index >= 15 is 0 Å². The van der Waals surface area contributed by atoms with Crippen LogP contribution in [-0.2, 0) is 0 Å². The molecule has 0 radical (unpaired) electrons. The summed E-state index contributed by atoms with van der Waals surface area (Å²) in [6, 6.07) is 11.5. The van der Waals surface area contributed by atoms with Gasteiger partial charge in [-0.15, -0.1) is 0 Å². The zero-order chi connectivity index (χ0) is 17.6. The molecule has 25 heavy (non-hydrogen) atoms. The average molecular weight is 363 g/mol. The molecule has 1 aliphatic rings. The largest absolute Gasteiger partial charge is 0.489 e. The fourth-order valence-electron chi connectivity index (χ4n) is 2.85. The first-order valence-electron chi connectivity index (χ1n) is 8.35. The lowest BCUT2D eigenvalue weighted by molar-refractivity contribution is 0.0793. The lowest BCUT2D eigenvalue weighted by atomic mass is 10.1. The number of nitrogens with zero attached hydrogens (tertiary/aromatic N) is 1. The van der Waals surface area contributed by atoms with Crippen LogP contribution < -0.4 is 10.1 Å². The Kier molecular flexibility index (Phi) is 5.76. The predicted molar refractivity (Wildman–Crippen MR) is 97.0 cm³/mol. The Labute approximate surface area is 151 Å². The normalized spacial score (nSPS) is 13.8. The molecule has 0 spiro atoms. The number of halogens is 2. The van der Waals surface area contributed by atoms with Crippen LogP contribution in [0, 0.1) is 5.82 Å². The lowest BCUT2D eigenvalue weighted by Gasteiger charge is -2.18. The Morgan fingerprint density at radius 1 is 1.20 bits per heavy atom. The number of carbonyl (C=O) groups excluding carboxylic acids is 1. The Morgan fingerprint density at radius 2 is 1.96 bits per heavy atom. The smallest absolute Gasteiger partial charge is 0.256 e. The Morgan fingerprint density at radius 3 is 2.72 bits per heavy atom. The molecule has 0 saturated carbocycles. The molecule has 1 heterocycles. The van der Waals surface area contributed by atoms with Crippen molar-refractivity contribution in [2.24, 2.45) is 0 Å². The zero-order valence-corrected chi connectivity index (χ0v) is 14.6. The van der Waals surface area contributed by atoms with Gasteiger partial charge in [0.05, 0.1) is 5.56 Å². The first kappa shape index (κ1) is 17.5. The van der Waals surface area contributed by atoms with Gasteiger partial charge in [0.1, 0.15) is 6.61 Å². The minimum absolute atomic E-state index is 0.0162. The molecule has 0 bridgehead atoms. The van der Waals surface area contributed by atoms with Crippen molar-refractivity contribution < 1.29 is 13.9 Å². The SMILES string of the molecule is O=C(c1cc(Cl)ccc1NCCOc1ccccc1F)N1CCCC1. The minimum atomic E-state index is -0.390. The van der Waals surface area contributed by atoms with Crippen molar-refractivity contribution in [3.05, 3.63) is 58.9 Å². The van der Waals surface area contributed by atoms with Crippen LogP contribution in [0.15, 0.2) is 42.5 Å². The number of anilines is 1. The van der Waals surface area contributed by atoms with E-state index in [2.05, 4.69) is 5.32 Å². The van der Waals surface area contributed by atoms with Crippen molar-refractivity contribution in [3.8, 4) is 5.75 Å². The van der Waals surface area contributed by atoms with Crippen molar-refractivity contribution >= 4 is 23.2 Å². The lowest BCUT2D eigenvalue weighted by Crippen LogP contribution is -2.28. The quantitative estimate of drug-likeness (QED) is 0.783. The van der Waals surface area contributed by atoms with E-state index in [1.165, 1.54) is 6.07 Å². The number of rotatable bonds is 6. The van der Waals surface area contributed by atoms with E-state index in [4.69, 9.17) is 16.3 Å². The van der Waals surface area contributed by atoms with Crippen LogP contribution in [0.25, 0.3) is 0 Å². The Balaban J connectivity index is 1.62. The molecule has 4 nitrogen and oxygen atoms in total. The van der Waals surface area contributed by atoms with E-state index < -0.39 is 0 Å². The summed E-state index contributed by atoms with van der Waals surface area (Å²) in [5, 5.41) is 3.70. The van der Waals surface area contributed by atoms with Crippen molar-refractivity contribution in [2.75, 3.05) is 31.6 Å². The summed E-state index contributed by atoms with van der Waals surface area (Å²) in [4.78, 5) is 14.5. The molecule has 1 fully saturated rings.